The third-order valence-corrected chi connectivity index (χ3v) is 8.79. The van der Waals surface area contributed by atoms with E-state index in [2.05, 4.69) is 144 Å². The predicted molar refractivity (Wildman–Crippen MR) is 172 cm³/mol. The highest BCUT2D eigenvalue weighted by Gasteiger charge is 2.17. The fourth-order valence-electron chi connectivity index (χ4n) is 5.73. The maximum absolute atomic E-state index is 4.94. The van der Waals surface area contributed by atoms with Gasteiger partial charge in [0.2, 0.25) is 0 Å². The standard InChI is InChI=1S/C37H24N2S/c1-2-8-25(9-3-1)26-16-19-29(20-17-26)39(31-23-35-33-12-6-7-13-36(33)40-37(35)38-24-31)30-21-18-28-15-14-27-10-4-5-11-32(27)34(28)22-30/h1-24H. The summed E-state index contributed by atoms with van der Waals surface area (Å²) in [7, 11) is 0. The average molecular weight is 529 g/mol. The molecule has 0 saturated carbocycles. The van der Waals surface area contributed by atoms with Crippen LogP contribution in [0.5, 0.6) is 0 Å². The number of hydrogen-bond acceptors (Lipinski definition) is 3. The predicted octanol–water partition coefficient (Wildman–Crippen LogP) is 10.9. The molecule has 2 nitrogen and oxygen atoms in total. The smallest absolute Gasteiger partial charge is 0.124 e. The van der Waals surface area contributed by atoms with Crippen LogP contribution in [0.4, 0.5) is 17.1 Å². The molecule has 0 aliphatic heterocycles. The fourth-order valence-corrected chi connectivity index (χ4v) is 6.76. The molecule has 3 heteroatoms. The molecule has 0 atom stereocenters. The van der Waals surface area contributed by atoms with Crippen LogP contribution in [0.3, 0.4) is 0 Å². The van der Waals surface area contributed by atoms with Gasteiger partial charge >= 0.3 is 0 Å². The van der Waals surface area contributed by atoms with Crippen molar-refractivity contribution in [3.63, 3.8) is 0 Å². The summed E-state index contributed by atoms with van der Waals surface area (Å²) in [5.41, 5.74) is 5.66. The van der Waals surface area contributed by atoms with Crippen LogP contribution in [0.2, 0.25) is 0 Å². The van der Waals surface area contributed by atoms with Gasteiger partial charge in [-0.2, -0.15) is 0 Å². The quantitative estimate of drug-likeness (QED) is 0.211. The molecule has 0 saturated heterocycles. The Morgan fingerprint density at radius 1 is 0.450 bits per heavy atom. The van der Waals surface area contributed by atoms with Gasteiger partial charge in [0.1, 0.15) is 4.83 Å². The van der Waals surface area contributed by atoms with Gasteiger partial charge < -0.3 is 4.90 Å². The number of rotatable bonds is 4. The van der Waals surface area contributed by atoms with E-state index in [0.29, 0.717) is 0 Å². The SMILES string of the molecule is c1ccc(-c2ccc(N(c3ccc4ccc5ccccc5c4c3)c3cnc4sc5ccccc5c4c3)cc2)cc1. The van der Waals surface area contributed by atoms with E-state index in [1.165, 1.54) is 48.1 Å². The third-order valence-electron chi connectivity index (χ3n) is 7.70. The molecule has 0 aliphatic rings. The Morgan fingerprint density at radius 2 is 1.07 bits per heavy atom. The molecule has 8 aromatic rings. The first kappa shape index (κ1) is 22.9. The van der Waals surface area contributed by atoms with Crippen molar-refractivity contribution in [2.45, 2.75) is 0 Å². The molecule has 0 amide bonds. The molecule has 0 N–H and O–H groups in total. The van der Waals surface area contributed by atoms with Gasteiger partial charge in [-0.1, -0.05) is 103 Å². The molecule has 0 radical (unpaired) electrons. The van der Waals surface area contributed by atoms with Gasteiger partial charge in [0, 0.05) is 26.8 Å². The molecule has 188 valence electrons. The summed E-state index contributed by atoms with van der Waals surface area (Å²) in [6.45, 7) is 0. The second kappa shape index (κ2) is 9.33. The van der Waals surface area contributed by atoms with Crippen molar-refractivity contribution in [3.05, 3.63) is 146 Å². The minimum Gasteiger partial charge on any atom is -0.309 e. The topological polar surface area (TPSA) is 16.1 Å². The van der Waals surface area contributed by atoms with Crippen molar-refractivity contribution in [3.8, 4) is 11.1 Å². The van der Waals surface area contributed by atoms with Crippen LogP contribution in [0.25, 0.3) is 53.0 Å². The monoisotopic (exact) mass is 528 g/mol. The summed E-state index contributed by atoms with van der Waals surface area (Å²) < 4.78 is 1.26. The molecule has 0 aliphatic carbocycles. The van der Waals surface area contributed by atoms with E-state index in [1.54, 1.807) is 11.3 Å². The van der Waals surface area contributed by atoms with Crippen molar-refractivity contribution in [2.75, 3.05) is 4.90 Å². The number of anilines is 3. The maximum Gasteiger partial charge on any atom is 0.124 e. The summed E-state index contributed by atoms with van der Waals surface area (Å²) in [6.07, 6.45) is 2.01. The lowest BCUT2D eigenvalue weighted by Gasteiger charge is -2.26. The summed E-state index contributed by atoms with van der Waals surface area (Å²) in [5.74, 6) is 0. The number of fused-ring (bicyclic) bond motifs is 6. The molecule has 0 spiro atoms. The van der Waals surface area contributed by atoms with Crippen LogP contribution in [-0.4, -0.2) is 4.98 Å². The van der Waals surface area contributed by atoms with Crippen LogP contribution >= 0.6 is 11.3 Å². The van der Waals surface area contributed by atoms with Crippen LogP contribution < -0.4 is 4.90 Å². The summed E-state index contributed by atoms with van der Waals surface area (Å²) in [5, 5.41) is 7.43. The Balaban J connectivity index is 1.34. The second-order valence-electron chi connectivity index (χ2n) is 10.1. The number of pyridine rings is 1. The third kappa shape index (κ3) is 3.83. The summed E-state index contributed by atoms with van der Waals surface area (Å²) >= 11 is 1.75. The molecule has 6 aromatic carbocycles. The molecule has 40 heavy (non-hydrogen) atoms. The molecule has 2 heterocycles. The average Bonchev–Trinajstić information content (AvgIpc) is 3.40. The van der Waals surface area contributed by atoms with Crippen molar-refractivity contribution in [1.82, 2.24) is 4.98 Å². The van der Waals surface area contributed by atoms with Gasteiger partial charge in [0.05, 0.1) is 11.9 Å². The van der Waals surface area contributed by atoms with E-state index in [0.717, 1.165) is 21.9 Å². The van der Waals surface area contributed by atoms with Gasteiger partial charge in [0.25, 0.3) is 0 Å². The van der Waals surface area contributed by atoms with Crippen molar-refractivity contribution < 1.29 is 0 Å². The zero-order valence-corrected chi connectivity index (χ0v) is 22.5. The highest BCUT2D eigenvalue weighted by atomic mass is 32.1. The van der Waals surface area contributed by atoms with E-state index in [9.17, 15) is 0 Å². The molecule has 8 rings (SSSR count). The summed E-state index contributed by atoms with van der Waals surface area (Å²) in [6, 6.07) is 50.0. The van der Waals surface area contributed by atoms with Crippen LogP contribution in [-0.2, 0) is 0 Å². The first-order chi connectivity index (χ1) is 19.8. The maximum atomic E-state index is 4.94. The van der Waals surface area contributed by atoms with E-state index >= 15 is 0 Å². The zero-order chi connectivity index (χ0) is 26.5. The summed E-state index contributed by atoms with van der Waals surface area (Å²) in [4.78, 5) is 8.34. The fraction of sp³-hybridized carbons (Fsp3) is 0. The molecule has 0 fully saturated rings. The number of thiophene rings is 1. The van der Waals surface area contributed by atoms with Crippen LogP contribution in [0, 0.1) is 0 Å². The van der Waals surface area contributed by atoms with Crippen molar-refractivity contribution in [2.24, 2.45) is 0 Å². The molecule has 0 unspecified atom stereocenters. The molecular formula is C37H24N2S. The number of nitrogens with zero attached hydrogens (tertiary/aromatic N) is 2. The zero-order valence-electron chi connectivity index (χ0n) is 21.7. The van der Waals surface area contributed by atoms with Gasteiger partial charge in [-0.05, 0) is 69.1 Å². The molecule has 0 bridgehead atoms. The lowest BCUT2D eigenvalue weighted by molar-refractivity contribution is 1.26. The first-order valence-electron chi connectivity index (χ1n) is 13.5. The van der Waals surface area contributed by atoms with Crippen LogP contribution in [0.15, 0.2) is 146 Å². The van der Waals surface area contributed by atoms with E-state index in [4.69, 9.17) is 4.98 Å². The van der Waals surface area contributed by atoms with Gasteiger partial charge in [0.15, 0.2) is 0 Å². The van der Waals surface area contributed by atoms with Gasteiger partial charge in [-0.3, -0.25) is 0 Å². The van der Waals surface area contributed by atoms with E-state index in [1.807, 2.05) is 6.20 Å². The largest absolute Gasteiger partial charge is 0.309 e. The number of aromatic nitrogens is 1. The van der Waals surface area contributed by atoms with Gasteiger partial charge in [-0.25, -0.2) is 4.98 Å². The minimum atomic E-state index is 1.04. The van der Waals surface area contributed by atoms with Crippen molar-refractivity contribution in [1.29, 1.82) is 0 Å². The molecular weight excluding hydrogens is 504 g/mol. The highest BCUT2D eigenvalue weighted by molar-refractivity contribution is 7.25. The Kier molecular flexibility index (Phi) is 5.35. The Morgan fingerprint density at radius 3 is 1.93 bits per heavy atom. The minimum absolute atomic E-state index is 1.04. The van der Waals surface area contributed by atoms with E-state index < -0.39 is 0 Å². The lowest BCUT2D eigenvalue weighted by atomic mass is 10.0. The normalized spacial score (nSPS) is 11.5. The Labute approximate surface area is 236 Å². The Hall–Kier alpha value is -4.99. The van der Waals surface area contributed by atoms with Gasteiger partial charge in [-0.15, -0.1) is 11.3 Å². The van der Waals surface area contributed by atoms with Crippen molar-refractivity contribution >= 4 is 70.2 Å². The second-order valence-corrected chi connectivity index (χ2v) is 11.1. The van der Waals surface area contributed by atoms with E-state index in [-0.39, 0.29) is 0 Å². The first-order valence-corrected chi connectivity index (χ1v) is 14.3. The lowest BCUT2D eigenvalue weighted by Crippen LogP contribution is -2.10. The van der Waals surface area contributed by atoms with Crippen LogP contribution in [0.1, 0.15) is 0 Å². The number of benzene rings is 6. The highest BCUT2D eigenvalue weighted by Crippen LogP contribution is 2.41. The molecule has 2 aromatic heterocycles. The number of hydrogen-bond donors (Lipinski definition) is 0. The Bertz CT molecular complexity index is 2160.